The number of ether oxygens (including phenoxy) is 1. The third-order valence-corrected chi connectivity index (χ3v) is 2.02. The highest BCUT2D eigenvalue weighted by Crippen LogP contribution is 2.20. The van der Waals surface area contributed by atoms with Gasteiger partial charge in [-0.2, -0.15) is 0 Å². The van der Waals surface area contributed by atoms with E-state index in [0.717, 1.165) is 13.2 Å². The Morgan fingerprint density at radius 2 is 2.12 bits per heavy atom. The van der Waals surface area contributed by atoms with Gasteiger partial charge in [-0.25, -0.2) is 13.6 Å². The molecule has 1 N–H and O–H groups in total. The van der Waals surface area contributed by atoms with Crippen LogP contribution in [0.25, 0.3) is 0 Å². The van der Waals surface area contributed by atoms with Gasteiger partial charge < -0.3 is 4.74 Å². The standard InChI is InChI=1S/C9H6ClF2N2O2/c1-16-9(15)8(14-13)4-2-5(10)7(12)6(11)3-4/h2-3,13H,1H3/q+1. The summed E-state index contributed by atoms with van der Waals surface area (Å²) in [6.07, 6.45) is 0. The van der Waals surface area contributed by atoms with Crippen molar-refractivity contribution in [1.82, 2.24) is 0 Å². The molecule has 0 spiro atoms. The predicted octanol–water partition coefficient (Wildman–Crippen LogP) is 1.82. The summed E-state index contributed by atoms with van der Waals surface area (Å²) in [5.41, 5.74) is 6.18. The maximum Gasteiger partial charge on any atom is 0.455 e. The minimum absolute atomic E-state index is 0.120. The van der Waals surface area contributed by atoms with Crippen molar-refractivity contribution in [2.24, 2.45) is 0 Å². The van der Waals surface area contributed by atoms with Crippen molar-refractivity contribution in [3.63, 3.8) is 0 Å². The summed E-state index contributed by atoms with van der Waals surface area (Å²) in [7, 11) is 1.08. The van der Waals surface area contributed by atoms with E-state index in [0.29, 0.717) is 6.07 Å². The molecule has 0 amide bonds. The van der Waals surface area contributed by atoms with Crippen LogP contribution in [0, 0.1) is 17.2 Å². The SMILES string of the molecule is COC(=O)C(=[N+]=N)c1cc(F)c(F)c(Cl)c1. The fourth-order valence-electron chi connectivity index (χ4n) is 1.02. The number of rotatable bonds is 2. The van der Waals surface area contributed by atoms with Crippen LogP contribution >= 0.6 is 11.6 Å². The first-order valence-corrected chi connectivity index (χ1v) is 4.36. The molecular weight excluding hydrogens is 242 g/mol. The first-order valence-electron chi connectivity index (χ1n) is 3.99. The van der Waals surface area contributed by atoms with Gasteiger partial charge in [0.15, 0.2) is 11.6 Å². The maximum absolute atomic E-state index is 13.0. The molecule has 0 radical (unpaired) electrons. The second-order valence-corrected chi connectivity index (χ2v) is 3.11. The summed E-state index contributed by atoms with van der Waals surface area (Å²) in [6.45, 7) is 0. The third kappa shape index (κ3) is 2.24. The average molecular weight is 248 g/mol. The van der Waals surface area contributed by atoms with Gasteiger partial charge in [0.1, 0.15) is 0 Å². The number of hydrogen-bond acceptors (Lipinski definition) is 3. The summed E-state index contributed by atoms with van der Waals surface area (Å²) >= 11 is 5.38. The number of methoxy groups -OCH3 is 1. The van der Waals surface area contributed by atoms with Crippen LogP contribution in [0.3, 0.4) is 0 Å². The highest BCUT2D eigenvalue weighted by Gasteiger charge is 2.28. The fourth-order valence-corrected chi connectivity index (χ4v) is 1.22. The molecule has 0 aliphatic carbocycles. The zero-order valence-corrected chi connectivity index (χ0v) is 8.81. The van der Waals surface area contributed by atoms with Crippen LogP contribution in [0.15, 0.2) is 12.1 Å². The van der Waals surface area contributed by atoms with Gasteiger partial charge in [0.2, 0.25) is 0 Å². The summed E-state index contributed by atoms with van der Waals surface area (Å²) in [5, 5.41) is -0.500. The van der Waals surface area contributed by atoms with E-state index in [1.807, 2.05) is 0 Å². The first-order chi connectivity index (χ1) is 7.51. The van der Waals surface area contributed by atoms with Gasteiger partial charge in [0.05, 0.1) is 28.0 Å². The maximum atomic E-state index is 13.0. The minimum atomic E-state index is -1.23. The number of nitrogens with one attached hydrogen (secondary N) is 1. The quantitative estimate of drug-likeness (QED) is 0.285. The number of hydrogen-bond donors (Lipinski definition) is 1. The van der Waals surface area contributed by atoms with E-state index in [1.54, 1.807) is 0 Å². The van der Waals surface area contributed by atoms with Crippen molar-refractivity contribution >= 4 is 23.3 Å². The Bertz CT molecular complexity index is 475. The Morgan fingerprint density at radius 1 is 1.50 bits per heavy atom. The van der Waals surface area contributed by atoms with Crippen LogP contribution in [0.4, 0.5) is 8.78 Å². The lowest BCUT2D eigenvalue weighted by Crippen LogP contribution is -2.18. The van der Waals surface area contributed by atoms with E-state index in [2.05, 4.69) is 9.53 Å². The van der Waals surface area contributed by atoms with Crippen LogP contribution in [0.5, 0.6) is 0 Å². The van der Waals surface area contributed by atoms with E-state index in [-0.39, 0.29) is 5.56 Å². The molecule has 4 nitrogen and oxygen atoms in total. The smallest absolute Gasteiger partial charge is 0.455 e. The molecule has 0 fully saturated rings. The molecule has 0 unspecified atom stereocenters. The molecule has 0 aliphatic heterocycles. The monoisotopic (exact) mass is 247 g/mol. The molecule has 0 aliphatic rings. The molecule has 0 atom stereocenters. The van der Waals surface area contributed by atoms with Gasteiger partial charge >= 0.3 is 11.7 Å². The molecule has 84 valence electrons. The van der Waals surface area contributed by atoms with Crippen LogP contribution in [-0.2, 0) is 9.53 Å². The van der Waals surface area contributed by atoms with Crippen LogP contribution < -0.4 is 0 Å². The Morgan fingerprint density at radius 3 is 2.56 bits per heavy atom. The fraction of sp³-hybridized carbons (Fsp3) is 0.111. The van der Waals surface area contributed by atoms with Crippen molar-refractivity contribution in [2.45, 2.75) is 0 Å². The number of nitrogens with zero attached hydrogens (tertiary/aromatic N) is 1. The van der Waals surface area contributed by atoms with E-state index < -0.39 is 28.3 Å². The molecular formula is C9H6ClF2N2O2+. The topological polar surface area (TPSA) is 64.2 Å². The van der Waals surface area contributed by atoms with E-state index in [4.69, 9.17) is 17.1 Å². The molecule has 0 saturated heterocycles. The zero-order chi connectivity index (χ0) is 12.3. The van der Waals surface area contributed by atoms with Gasteiger partial charge in [0, 0.05) is 0 Å². The molecule has 1 aromatic rings. The van der Waals surface area contributed by atoms with Gasteiger partial charge in [-0.15, -0.1) is 0 Å². The lowest BCUT2D eigenvalue weighted by Gasteiger charge is -1.98. The lowest BCUT2D eigenvalue weighted by molar-refractivity contribution is -0.149. The van der Waals surface area contributed by atoms with Crippen molar-refractivity contribution in [3.05, 3.63) is 34.4 Å². The number of benzene rings is 1. The Hall–Kier alpha value is -1.78. The van der Waals surface area contributed by atoms with Crippen molar-refractivity contribution < 1.29 is 23.1 Å². The van der Waals surface area contributed by atoms with Crippen LogP contribution in [-0.4, -0.2) is 23.6 Å². The van der Waals surface area contributed by atoms with E-state index in [9.17, 15) is 13.6 Å². The first kappa shape index (κ1) is 12.3. The van der Waals surface area contributed by atoms with Crippen LogP contribution in [0.1, 0.15) is 5.56 Å². The number of esters is 1. The normalized spacial score (nSPS) is 9.50. The number of halogens is 3. The zero-order valence-electron chi connectivity index (χ0n) is 8.05. The van der Waals surface area contributed by atoms with Crippen LogP contribution in [0.2, 0.25) is 5.02 Å². The predicted molar refractivity (Wildman–Crippen MR) is 50.5 cm³/mol. The third-order valence-electron chi connectivity index (χ3n) is 1.75. The van der Waals surface area contributed by atoms with Gasteiger partial charge in [-0.1, -0.05) is 11.6 Å². The van der Waals surface area contributed by atoms with Gasteiger partial charge in [-0.05, 0) is 12.1 Å². The largest absolute Gasteiger partial charge is 0.460 e. The highest BCUT2D eigenvalue weighted by atomic mass is 35.5. The Kier molecular flexibility index (Phi) is 3.71. The van der Waals surface area contributed by atoms with E-state index >= 15 is 0 Å². The molecule has 1 aromatic carbocycles. The van der Waals surface area contributed by atoms with E-state index in [1.165, 1.54) is 0 Å². The van der Waals surface area contributed by atoms with Gasteiger partial charge in [-0.3, -0.25) is 0 Å². The average Bonchev–Trinajstić information content (AvgIpc) is 2.26. The number of carbonyl (C=O) groups excluding carboxylic acids is 1. The summed E-state index contributed by atoms with van der Waals surface area (Å²) < 4.78 is 30.1. The lowest BCUT2D eigenvalue weighted by atomic mass is 10.1. The highest BCUT2D eigenvalue weighted by molar-refractivity contribution is 6.41. The van der Waals surface area contributed by atoms with Crippen molar-refractivity contribution in [2.75, 3.05) is 7.11 Å². The molecule has 0 aromatic heterocycles. The summed E-state index contributed by atoms with van der Waals surface area (Å²) in [4.78, 5) is 14.0. The Balaban J connectivity index is 3.34. The second-order valence-electron chi connectivity index (χ2n) is 2.71. The second kappa shape index (κ2) is 4.83. The minimum Gasteiger partial charge on any atom is -0.460 e. The molecule has 0 bridgehead atoms. The summed E-state index contributed by atoms with van der Waals surface area (Å²) in [5.74, 6) is -3.38. The Labute approximate surface area is 94.0 Å². The molecule has 1 rings (SSSR count). The summed E-state index contributed by atoms with van der Waals surface area (Å²) in [6, 6.07) is 1.70. The number of carbonyl (C=O) groups is 1. The van der Waals surface area contributed by atoms with Crippen molar-refractivity contribution in [3.8, 4) is 0 Å². The van der Waals surface area contributed by atoms with Gasteiger partial charge in [0.25, 0.3) is 0 Å². The molecule has 0 heterocycles. The molecule has 7 heteroatoms. The molecule has 16 heavy (non-hydrogen) atoms. The van der Waals surface area contributed by atoms with Crippen molar-refractivity contribution in [1.29, 1.82) is 5.53 Å². The molecule has 0 saturated carbocycles.